The summed E-state index contributed by atoms with van der Waals surface area (Å²) in [7, 11) is -9.92. The third-order valence-electron chi connectivity index (χ3n) is 19.9. The summed E-state index contributed by atoms with van der Waals surface area (Å²) in [5.74, 6) is -2.10. The first-order valence-corrected chi connectivity index (χ1v) is 46.8. The Morgan fingerprint density at radius 3 is 0.573 bits per heavy atom. The SMILES string of the molecule is CCCCCCCCCCCCCCCCCCCCCCCC(=O)O[C@H](COC(=O)CCCCCCCCCCCCCCCCCCC)COP(=O)(O)OC[C@@H](O)COP(=O)(O)OC[C@@H](COC(=O)CCCCCCCCCCCC)OC(=O)CCCCCCCCCCCCCCCCC. The fraction of sp³-hybridized carbons (Fsp3) is 0.952. The first-order valence-electron chi connectivity index (χ1n) is 43.8. The molecule has 0 bridgehead atoms. The summed E-state index contributed by atoms with van der Waals surface area (Å²) in [6.45, 7) is 5.04. The van der Waals surface area contributed by atoms with Crippen LogP contribution in [0, 0.1) is 0 Å². The molecule has 0 aromatic carbocycles. The highest BCUT2D eigenvalue weighted by atomic mass is 31.2. The van der Waals surface area contributed by atoms with Crippen LogP contribution in [0.1, 0.15) is 458 Å². The van der Waals surface area contributed by atoms with Crippen LogP contribution in [0.3, 0.4) is 0 Å². The fourth-order valence-corrected chi connectivity index (χ4v) is 14.7. The first kappa shape index (κ1) is 101. The van der Waals surface area contributed by atoms with Crippen LogP contribution in [0.15, 0.2) is 0 Å². The largest absolute Gasteiger partial charge is 0.472 e. The number of hydrogen-bond acceptors (Lipinski definition) is 15. The maximum Gasteiger partial charge on any atom is 0.472 e. The lowest BCUT2D eigenvalue weighted by molar-refractivity contribution is -0.161. The molecule has 0 amide bonds. The van der Waals surface area contributed by atoms with E-state index in [0.717, 1.165) is 89.9 Å². The molecule has 0 aliphatic carbocycles. The number of carbonyl (C=O) groups is 4. The van der Waals surface area contributed by atoms with Crippen LogP contribution in [0.4, 0.5) is 0 Å². The van der Waals surface area contributed by atoms with E-state index in [2.05, 4.69) is 27.7 Å². The van der Waals surface area contributed by atoms with Crippen molar-refractivity contribution in [3.05, 3.63) is 0 Å². The summed E-state index contributed by atoms with van der Waals surface area (Å²) in [6.07, 6.45) is 72.2. The standard InChI is InChI=1S/C84H164O17P2/c1-5-9-13-17-21-25-29-32-35-37-38-39-40-42-45-48-51-55-59-63-67-71-84(89)101-80(75-95-82(87)69-65-61-57-53-49-46-44-41-36-33-30-26-22-18-14-10-6-2)77-99-103(92,93)97-73-78(85)72-96-102(90,91)98-76-79(74-94-81(86)68-64-60-56-52-28-24-20-16-12-8-4)100-83(88)70-66-62-58-54-50-47-43-34-31-27-23-19-15-11-7-3/h78-80,85H,5-77H2,1-4H3,(H,90,91)(H,92,93)/t78-,79+,80+/m0/s1. The average molecular weight is 1510 g/mol. The zero-order valence-electron chi connectivity index (χ0n) is 67.3. The molecule has 17 nitrogen and oxygen atoms in total. The van der Waals surface area contributed by atoms with E-state index in [1.54, 1.807) is 0 Å². The molecule has 2 unspecified atom stereocenters. The zero-order chi connectivity index (χ0) is 75.3. The third-order valence-corrected chi connectivity index (χ3v) is 21.8. The van der Waals surface area contributed by atoms with Crippen molar-refractivity contribution < 1.29 is 80.2 Å². The van der Waals surface area contributed by atoms with Crippen molar-refractivity contribution in [2.45, 2.75) is 476 Å². The van der Waals surface area contributed by atoms with E-state index in [9.17, 15) is 43.2 Å². The summed E-state index contributed by atoms with van der Waals surface area (Å²) < 4.78 is 68.8. The van der Waals surface area contributed by atoms with Gasteiger partial charge in [0.15, 0.2) is 12.2 Å². The van der Waals surface area contributed by atoms with Gasteiger partial charge in [0.2, 0.25) is 0 Å². The Labute approximate surface area is 632 Å². The van der Waals surface area contributed by atoms with Gasteiger partial charge in [-0.05, 0) is 25.7 Å². The van der Waals surface area contributed by atoms with Gasteiger partial charge < -0.3 is 33.8 Å². The van der Waals surface area contributed by atoms with Gasteiger partial charge in [-0.1, -0.05) is 407 Å². The maximum atomic E-state index is 13.1. The molecule has 0 heterocycles. The van der Waals surface area contributed by atoms with Gasteiger partial charge in [-0.3, -0.25) is 37.3 Å². The van der Waals surface area contributed by atoms with Crippen molar-refractivity contribution in [1.29, 1.82) is 0 Å². The van der Waals surface area contributed by atoms with Crippen molar-refractivity contribution >= 4 is 39.5 Å². The summed E-state index contributed by atoms with van der Waals surface area (Å²) >= 11 is 0. The van der Waals surface area contributed by atoms with Crippen LogP contribution in [0.5, 0.6) is 0 Å². The number of phosphoric ester groups is 2. The van der Waals surface area contributed by atoms with Gasteiger partial charge in [0.05, 0.1) is 26.4 Å². The molecule has 5 atom stereocenters. The van der Waals surface area contributed by atoms with Crippen molar-refractivity contribution in [1.82, 2.24) is 0 Å². The second kappa shape index (κ2) is 78.2. The van der Waals surface area contributed by atoms with E-state index in [1.165, 1.54) is 289 Å². The zero-order valence-corrected chi connectivity index (χ0v) is 69.1. The summed E-state index contributed by atoms with van der Waals surface area (Å²) in [5, 5.41) is 10.7. The van der Waals surface area contributed by atoms with Gasteiger partial charge >= 0.3 is 39.5 Å². The Morgan fingerprint density at radius 2 is 0.388 bits per heavy atom. The maximum absolute atomic E-state index is 13.1. The predicted octanol–water partition coefficient (Wildman–Crippen LogP) is 25.7. The van der Waals surface area contributed by atoms with Crippen molar-refractivity contribution in [2.75, 3.05) is 39.6 Å². The van der Waals surface area contributed by atoms with Gasteiger partial charge in [-0.25, -0.2) is 9.13 Å². The van der Waals surface area contributed by atoms with Crippen LogP contribution in [-0.2, 0) is 65.4 Å². The van der Waals surface area contributed by atoms with Crippen molar-refractivity contribution in [3.8, 4) is 0 Å². The molecule has 0 saturated carbocycles. The molecule has 0 spiro atoms. The van der Waals surface area contributed by atoms with Gasteiger partial charge in [0.25, 0.3) is 0 Å². The highest BCUT2D eigenvalue weighted by molar-refractivity contribution is 7.47. The minimum atomic E-state index is -4.96. The Balaban J connectivity index is 5.22. The molecule has 0 radical (unpaired) electrons. The lowest BCUT2D eigenvalue weighted by Crippen LogP contribution is -2.30. The molecular formula is C84H164O17P2. The van der Waals surface area contributed by atoms with Gasteiger partial charge in [0.1, 0.15) is 19.3 Å². The van der Waals surface area contributed by atoms with Crippen LogP contribution in [-0.4, -0.2) is 96.7 Å². The predicted molar refractivity (Wildman–Crippen MR) is 423 cm³/mol. The molecule has 103 heavy (non-hydrogen) atoms. The minimum Gasteiger partial charge on any atom is -0.462 e. The van der Waals surface area contributed by atoms with E-state index in [0.29, 0.717) is 25.7 Å². The molecule has 0 rings (SSSR count). The number of rotatable bonds is 85. The lowest BCUT2D eigenvalue weighted by Gasteiger charge is -2.21. The number of aliphatic hydroxyl groups is 1. The second-order valence-electron chi connectivity index (χ2n) is 30.2. The molecule has 612 valence electrons. The van der Waals surface area contributed by atoms with E-state index in [-0.39, 0.29) is 25.7 Å². The molecule has 3 N–H and O–H groups in total. The van der Waals surface area contributed by atoms with E-state index < -0.39 is 97.5 Å². The van der Waals surface area contributed by atoms with E-state index in [1.807, 2.05) is 0 Å². The topological polar surface area (TPSA) is 237 Å². The van der Waals surface area contributed by atoms with Gasteiger partial charge in [0, 0.05) is 25.7 Å². The van der Waals surface area contributed by atoms with Gasteiger partial charge in [-0.15, -0.1) is 0 Å². The number of unbranched alkanes of at least 4 members (excludes halogenated alkanes) is 59. The number of phosphoric acid groups is 2. The normalized spacial score (nSPS) is 13.7. The van der Waals surface area contributed by atoms with E-state index in [4.69, 9.17) is 37.0 Å². The number of ether oxygens (including phenoxy) is 4. The number of esters is 4. The molecule has 0 saturated heterocycles. The lowest BCUT2D eigenvalue weighted by atomic mass is 10.0. The number of hydrogen-bond donors (Lipinski definition) is 3. The molecule has 0 aliphatic rings. The quantitative estimate of drug-likeness (QED) is 0.0222. The molecule has 0 aromatic rings. The summed E-state index contributed by atoms with van der Waals surface area (Å²) in [5.41, 5.74) is 0. The van der Waals surface area contributed by atoms with Crippen LogP contribution in [0.25, 0.3) is 0 Å². The van der Waals surface area contributed by atoms with Crippen molar-refractivity contribution in [3.63, 3.8) is 0 Å². The minimum absolute atomic E-state index is 0.109. The molecule has 0 aliphatic heterocycles. The van der Waals surface area contributed by atoms with Crippen LogP contribution >= 0.6 is 15.6 Å². The summed E-state index contributed by atoms with van der Waals surface area (Å²) in [6, 6.07) is 0. The fourth-order valence-electron chi connectivity index (χ4n) is 13.2. The Bertz CT molecular complexity index is 1950. The average Bonchev–Trinajstić information content (AvgIpc) is 0.910. The van der Waals surface area contributed by atoms with Crippen LogP contribution in [0.2, 0.25) is 0 Å². The first-order chi connectivity index (χ1) is 50.2. The Morgan fingerprint density at radius 1 is 0.233 bits per heavy atom. The number of aliphatic hydroxyl groups excluding tert-OH is 1. The second-order valence-corrected chi connectivity index (χ2v) is 33.1. The highest BCUT2D eigenvalue weighted by Gasteiger charge is 2.30. The van der Waals surface area contributed by atoms with Crippen LogP contribution < -0.4 is 0 Å². The molecule has 0 aromatic heterocycles. The number of carbonyl (C=O) groups excluding carboxylic acids is 4. The Hall–Kier alpha value is -1.94. The highest BCUT2D eigenvalue weighted by Crippen LogP contribution is 2.45. The molecular weight excluding hydrogens is 1340 g/mol. The van der Waals surface area contributed by atoms with E-state index >= 15 is 0 Å². The van der Waals surface area contributed by atoms with Gasteiger partial charge in [-0.2, -0.15) is 0 Å². The summed E-state index contributed by atoms with van der Waals surface area (Å²) in [4.78, 5) is 73.1. The monoisotopic (exact) mass is 1510 g/mol. The molecule has 19 heteroatoms. The molecule has 0 fully saturated rings. The Kier molecular flexibility index (Phi) is 76.7. The van der Waals surface area contributed by atoms with Crippen molar-refractivity contribution in [2.24, 2.45) is 0 Å². The smallest absolute Gasteiger partial charge is 0.462 e. The third kappa shape index (κ3) is 78.0.